The Labute approximate surface area is 216 Å². The number of nitrogens with two attached hydrogens (primary N) is 3. The van der Waals surface area contributed by atoms with Gasteiger partial charge in [0, 0.05) is 19.3 Å². The number of carbonyl (C=O) groups excluding carboxylic acids is 3. The average Bonchev–Trinajstić information content (AvgIpc) is 3.30. The van der Waals surface area contributed by atoms with Gasteiger partial charge in [0.15, 0.2) is 11.6 Å². The van der Waals surface area contributed by atoms with E-state index in [2.05, 4.69) is 20.8 Å². The summed E-state index contributed by atoms with van der Waals surface area (Å²) in [4.78, 5) is 74.4. The zero-order chi connectivity index (χ0) is 28.8. The van der Waals surface area contributed by atoms with Gasteiger partial charge < -0.3 is 47.7 Å². The van der Waals surface area contributed by atoms with Gasteiger partial charge in [0.05, 0.1) is 24.4 Å². The SMILES string of the molecule is NCCCC[C@H](CC(=O)[C@H](CCC(=O)O)NC(=O)N[C@@H](CC(=O)O)c1nc([C@@H](N)CC(N)=O)no1)C(=O)O. The fraction of sp³-hybridized carbons (Fsp3) is 0.619. The van der Waals surface area contributed by atoms with Crippen molar-refractivity contribution in [2.75, 3.05) is 6.54 Å². The van der Waals surface area contributed by atoms with Crippen LogP contribution in [0.3, 0.4) is 0 Å². The lowest BCUT2D eigenvalue weighted by molar-refractivity contribution is -0.144. The van der Waals surface area contributed by atoms with E-state index in [1.165, 1.54) is 0 Å². The Bertz CT molecular complexity index is 999. The topological polar surface area (TPSA) is 304 Å². The Balaban J connectivity index is 3.00. The van der Waals surface area contributed by atoms with Gasteiger partial charge >= 0.3 is 23.9 Å². The molecule has 17 heteroatoms. The monoisotopic (exact) mass is 543 g/mol. The Morgan fingerprint density at radius 2 is 1.61 bits per heavy atom. The van der Waals surface area contributed by atoms with Crippen molar-refractivity contribution in [3.05, 3.63) is 11.7 Å². The predicted octanol–water partition coefficient (Wildman–Crippen LogP) is -1.22. The molecule has 3 amide bonds. The number of amides is 3. The highest BCUT2D eigenvalue weighted by Gasteiger charge is 2.30. The van der Waals surface area contributed by atoms with E-state index in [0.29, 0.717) is 19.4 Å². The normalized spacial score (nSPS) is 14.1. The van der Waals surface area contributed by atoms with Crippen LogP contribution in [0.25, 0.3) is 0 Å². The third kappa shape index (κ3) is 11.7. The molecule has 1 aromatic heterocycles. The number of ketones is 1. The third-order valence-electron chi connectivity index (χ3n) is 5.34. The molecule has 11 N–H and O–H groups in total. The predicted molar refractivity (Wildman–Crippen MR) is 126 cm³/mol. The van der Waals surface area contributed by atoms with Gasteiger partial charge in [-0.25, -0.2) is 4.79 Å². The molecule has 0 aliphatic carbocycles. The molecule has 0 fully saturated rings. The number of carboxylic acid groups (broad SMARTS) is 3. The molecule has 0 bridgehead atoms. The maximum atomic E-state index is 12.8. The van der Waals surface area contributed by atoms with Crippen molar-refractivity contribution in [1.29, 1.82) is 0 Å². The van der Waals surface area contributed by atoms with Crippen LogP contribution in [0.5, 0.6) is 0 Å². The summed E-state index contributed by atoms with van der Waals surface area (Å²) in [7, 11) is 0. The number of nitrogens with one attached hydrogen (secondary N) is 2. The van der Waals surface area contributed by atoms with Crippen molar-refractivity contribution in [2.24, 2.45) is 23.1 Å². The molecule has 0 saturated carbocycles. The summed E-state index contributed by atoms with van der Waals surface area (Å²) in [5.41, 5.74) is 16.2. The first kappa shape index (κ1) is 31.9. The van der Waals surface area contributed by atoms with E-state index in [1.807, 2.05) is 0 Å². The smallest absolute Gasteiger partial charge is 0.316 e. The molecule has 0 aliphatic heterocycles. The number of primary amides is 1. The fourth-order valence-corrected chi connectivity index (χ4v) is 3.39. The van der Waals surface area contributed by atoms with E-state index in [-0.39, 0.29) is 31.0 Å². The van der Waals surface area contributed by atoms with Crippen LogP contribution in [-0.2, 0) is 24.0 Å². The fourth-order valence-electron chi connectivity index (χ4n) is 3.39. The van der Waals surface area contributed by atoms with Crippen LogP contribution in [0.2, 0.25) is 0 Å². The highest BCUT2D eigenvalue weighted by atomic mass is 16.5. The standard InChI is InChI=1S/C21H33N7O10/c22-6-2-1-3-10(20(35)36)7-14(29)12(4-5-16(31)32)25-21(37)26-13(9-17(33)34)19-27-18(28-38-19)11(23)8-15(24)30/h10-13H,1-9,22-23H2,(H2,24,30)(H,31,32)(H,33,34)(H,35,36)(H2,25,26,37)/t10-,11+,12+,13+/m1/s1. The zero-order valence-electron chi connectivity index (χ0n) is 20.5. The number of carbonyl (C=O) groups is 6. The van der Waals surface area contributed by atoms with E-state index in [9.17, 15) is 39.0 Å². The molecule has 0 radical (unpaired) electrons. The minimum atomic E-state index is -1.40. The summed E-state index contributed by atoms with van der Waals surface area (Å²) in [5, 5.41) is 35.7. The van der Waals surface area contributed by atoms with Gasteiger partial charge in [-0.15, -0.1) is 0 Å². The van der Waals surface area contributed by atoms with Crippen LogP contribution in [-0.4, -0.2) is 73.7 Å². The van der Waals surface area contributed by atoms with Gasteiger partial charge in [0.25, 0.3) is 0 Å². The second-order valence-electron chi connectivity index (χ2n) is 8.51. The van der Waals surface area contributed by atoms with E-state index in [0.717, 1.165) is 0 Å². The number of aliphatic carboxylic acids is 3. The maximum absolute atomic E-state index is 12.8. The Morgan fingerprint density at radius 3 is 2.16 bits per heavy atom. The first-order valence-electron chi connectivity index (χ1n) is 11.7. The van der Waals surface area contributed by atoms with Gasteiger partial charge in [-0.05, 0) is 25.8 Å². The molecule has 212 valence electrons. The van der Waals surface area contributed by atoms with Crippen LogP contribution in [0.15, 0.2) is 4.52 Å². The van der Waals surface area contributed by atoms with E-state index in [4.69, 9.17) is 26.8 Å². The number of aromatic nitrogens is 2. The summed E-state index contributed by atoms with van der Waals surface area (Å²) in [5.74, 6) is -6.89. The molecule has 1 rings (SSSR count). The quantitative estimate of drug-likeness (QED) is 0.0948. The third-order valence-corrected chi connectivity index (χ3v) is 5.34. The van der Waals surface area contributed by atoms with Gasteiger partial charge in [-0.2, -0.15) is 4.98 Å². The minimum absolute atomic E-state index is 0.161. The Morgan fingerprint density at radius 1 is 0.921 bits per heavy atom. The van der Waals surface area contributed by atoms with Gasteiger partial charge in [0.2, 0.25) is 11.8 Å². The Hall–Kier alpha value is -4.12. The van der Waals surface area contributed by atoms with Crippen LogP contribution < -0.4 is 27.8 Å². The molecule has 4 atom stereocenters. The molecular weight excluding hydrogens is 510 g/mol. The Kier molecular flexibility index (Phi) is 13.3. The lowest BCUT2D eigenvalue weighted by Gasteiger charge is -2.21. The first-order chi connectivity index (χ1) is 17.8. The maximum Gasteiger partial charge on any atom is 0.316 e. The van der Waals surface area contributed by atoms with Crippen LogP contribution in [0, 0.1) is 5.92 Å². The van der Waals surface area contributed by atoms with Crippen molar-refractivity contribution < 1.29 is 48.6 Å². The summed E-state index contributed by atoms with van der Waals surface area (Å²) < 4.78 is 4.97. The second kappa shape index (κ2) is 15.9. The molecule has 0 aromatic carbocycles. The average molecular weight is 544 g/mol. The number of unbranched alkanes of at least 4 members (excludes halogenated alkanes) is 1. The molecule has 1 heterocycles. The van der Waals surface area contributed by atoms with Gasteiger partial charge in [0.1, 0.15) is 6.04 Å². The number of hydrogen-bond donors (Lipinski definition) is 8. The summed E-state index contributed by atoms with van der Waals surface area (Å²) >= 11 is 0. The number of Topliss-reactive ketones (excluding diaryl/α,β-unsaturated/α-hetero) is 1. The number of urea groups is 1. The van der Waals surface area contributed by atoms with Crippen LogP contribution >= 0.6 is 0 Å². The van der Waals surface area contributed by atoms with Crippen molar-refractivity contribution >= 4 is 35.6 Å². The number of carboxylic acids is 3. The molecule has 0 aliphatic rings. The van der Waals surface area contributed by atoms with Crippen LogP contribution in [0.1, 0.15) is 75.2 Å². The molecule has 0 spiro atoms. The highest BCUT2D eigenvalue weighted by Crippen LogP contribution is 2.19. The van der Waals surface area contributed by atoms with E-state index < -0.39 is 78.9 Å². The van der Waals surface area contributed by atoms with E-state index >= 15 is 0 Å². The molecular formula is C21H33N7O10. The number of hydrogen-bond acceptors (Lipinski definition) is 11. The molecule has 38 heavy (non-hydrogen) atoms. The first-order valence-corrected chi connectivity index (χ1v) is 11.7. The van der Waals surface area contributed by atoms with Crippen LogP contribution in [0.4, 0.5) is 4.79 Å². The molecule has 0 unspecified atom stereocenters. The lowest BCUT2D eigenvalue weighted by atomic mass is 9.92. The highest BCUT2D eigenvalue weighted by molar-refractivity contribution is 5.91. The zero-order valence-corrected chi connectivity index (χ0v) is 20.5. The summed E-state index contributed by atoms with van der Waals surface area (Å²) in [6.07, 6.45) is -1.19. The summed E-state index contributed by atoms with van der Waals surface area (Å²) in [6, 6.07) is -4.89. The lowest BCUT2D eigenvalue weighted by Crippen LogP contribution is -2.48. The van der Waals surface area contributed by atoms with Gasteiger partial charge in [-0.1, -0.05) is 11.6 Å². The van der Waals surface area contributed by atoms with E-state index in [1.54, 1.807) is 0 Å². The van der Waals surface area contributed by atoms with Crippen molar-refractivity contribution in [3.8, 4) is 0 Å². The number of rotatable bonds is 19. The minimum Gasteiger partial charge on any atom is -0.481 e. The van der Waals surface area contributed by atoms with Crippen molar-refractivity contribution in [2.45, 2.75) is 69.5 Å². The summed E-state index contributed by atoms with van der Waals surface area (Å²) in [6.45, 7) is 0.347. The molecule has 0 saturated heterocycles. The van der Waals surface area contributed by atoms with Crippen molar-refractivity contribution in [3.63, 3.8) is 0 Å². The largest absolute Gasteiger partial charge is 0.481 e. The second-order valence-corrected chi connectivity index (χ2v) is 8.51. The molecule has 17 nitrogen and oxygen atoms in total. The molecule has 1 aromatic rings. The van der Waals surface area contributed by atoms with Crippen molar-refractivity contribution in [1.82, 2.24) is 20.8 Å². The van der Waals surface area contributed by atoms with Gasteiger partial charge in [-0.3, -0.25) is 24.0 Å². The number of nitrogens with zero attached hydrogens (tertiary/aromatic N) is 2.